The largest absolute Gasteiger partial charge is 0.376 e. The van der Waals surface area contributed by atoms with E-state index < -0.39 is 0 Å². The van der Waals surface area contributed by atoms with E-state index in [2.05, 4.69) is 63.9 Å². The van der Waals surface area contributed by atoms with Crippen LogP contribution in [-0.2, 0) is 11.2 Å². The molecule has 2 nitrogen and oxygen atoms in total. The van der Waals surface area contributed by atoms with Gasteiger partial charge in [-0.25, -0.2) is 0 Å². The maximum atomic E-state index is 6.13. The number of ether oxygens (including phenoxy) is 1. The molecule has 0 N–H and O–H groups in total. The molecule has 1 aliphatic heterocycles. The van der Waals surface area contributed by atoms with Gasteiger partial charge in [-0.1, -0.05) is 52.0 Å². The third-order valence-corrected chi connectivity index (χ3v) is 4.78. The third-order valence-electron chi connectivity index (χ3n) is 4.78. The summed E-state index contributed by atoms with van der Waals surface area (Å²) in [6.07, 6.45) is 3.92. The summed E-state index contributed by atoms with van der Waals surface area (Å²) in [5.74, 6) is 1.38. The van der Waals surface area contributed by atoms with Crippen molar-refractivity contribution in [2.75, 3.05) is 20.2 Å². The average molecular weight is 303 g/mol. The SMILES string of the molecule is CC(C)CC1CC(OCCc2ccc(C(C)C)cc2)CN1C. The van der Waals surface area contributed by atoms with E-state index in [9.17, 15) is 0 Å². The number of rotatable bonds is 7. The Kier molecular flexibility index (Phi) is 6.46. The highest BCUT2D eigenvalue weighted by Gasteiger charge is 2.30. The fourth-order valence-electron chi connectivity index (χ4n) is 3.38. The van der Waals surface area contributed by atoms with Crippen LogP contribution in [0.15, 0.2) is 24.3 Å². The maximum absolute atomic E-state index is 6.13. The summed E-state index contributed by atoms with van der Waals surface area (Å²) in [4.78, 5) is 2.47. The molecule has 0 bridgehead atoms. The van der Waals surface area contributed by atoms with Gasteiger partial charge < -0.3 is 9.64 Å². The summed E-state index contributed by atoms with van der Waals surface area (Å²) in [7, 11) is 2.24. The zero-order valence-electron chi connectivity index (χ0n) is 15.0. The minimum Gasteiger partial charge on any atom is -0.376 e. The molecule has 22 heavy (non-hydrogen) atoms. The van der Waals surface area contributed by atoms with Crippen LogP contribution in [0.2, 0.25) is 0 Å². The maximum Gasteiger partial charge on any atom is 0.0717 e. The number of likely N-dealkylation sites (tertiary alicyclic amines) is 1. The minimum absolute atomic E-state index is 0.420. The van der Waals surface area contributed by atoms with Crippen LogP contribution in [-0.4, -0.2) is 37.2 Å². The number of hydrogen-bond acceptors (Lipinski definition) is 2. The van der Waals surface area contributed by atoms with Crippen LogP contribution in [0.25, 0.3) is 0 Å². The van der Waals surface area contributed by atoms with Gasteiger partial charge in [0.25, 0.3) is 0 Å². The first kappa shape index (κ1) is 17.5. The molecule has 1 fully saturated rings. The molecular formula is C20H33NO. The molecule has 1 aromatic carbocycles. The summed E-state index contributed by atoms with van der Waals surface area (Å²) in [6, 6.07) is 9.71. The van der Waals surface area contributed by atoms with Gasteiger partial charge in [-0.3, -0.25) is 0 Å². The fraction of sp³-hybridized carbons (Fsp3) is 0.700. The van der Waals surface area contributed by atoms with E-state index in [0.29, 0.717) is 18.1 Å². The van der Waals surface area contributed by atoms with E-state index >= 15 is 0 Å². The Hall–Kier alpha value is -0.860. The number of nitrogens with zero attached hydrogens (tertiary/aromatic N) is 1. The molecule has 0 radical (unpaired) electrons. The Balaban J connectivity index is 1.72. The van der Waals surface area contributed by atoms with Crippen molar-refractivity contribution in [2.24, 2.45) is 5.92 Å². The van der Waals surface area contributed by atoms with Gasteiger partial charge in [-0.2, -0.15) is 0 Å². The van der Waals surface area contributed by atoms with Crippen molar-refractivity contribution in [2.45, 2.75) is 65.0 Å². The number of benzene rings is 1. The predicted octanol–water partition coefficient (Wildman–Crippen LogP) is 4.49. The highest BCUT2D eigenvalue weighted by atomic mass is 16.5. The van der Waals surface area contributed by atoms with Crippen LogP contribution in [0.3, 0.4) is 0 Å². The van der Waals surface area contributed by atoms with Crippen LogP contribution < -0.4 is 0 Å². The summed E-state index contributed by atoms with van der Waals surface area (Å²) < 4.78 is 6.13. The Labute approximate surface area is 136 Å². The second-order valence-corrected chi connectivity index (χ2v) is 7.60. The second kappa shape index (κ2) is 8.12. The summed E-state index contributed by atoms with van der Waals surface area (Å²) in [5.41, 5.74) is 2.80. The molecular weight excluding hydrogens is 270 g/mol. The molecule has 0 saturated carbocycles. The second-order valence-electron chi connectivity index (χ2n) is 7.60. The van der Waals surface area contributed by atoms with Crippen LogP contribution >= 0.6 is 0 Å². The smallest absolute Gasteiger partial charge is 0.0717 e. The number of likely N-dealkylation sites (N-methyl/N-ethyl adjacent to an activating group) is 1. The van der Waals surface area contributed by atoms with E-state index in [0.717, 1.165) is 25.5 Å². The van der Waals surface area contributed by atoms with Gasteiger partial charge in [0, 0.05) is 12.6 Å². The van der Waals surface area contributed by atoms with Crippen molar-refractivity contribution >= 4 is 0 Å². The van der Waals surface area contributed by atoms with Crippen molar-refractivity contribution in [1.82, 2.24) is 4.90 Å². The van der Waals surface area contributed by atoms with Crippen LogP contribution in [0, 0.1) is 5.92 Å². The van der Waals surface area contributed by atoms with Crippen molar-refractivity contribution < 1.29 is 4.74 Å². The van der Waals surface area contributed by atoms with E-state index in [-0.39, 0.29) is 0 Å². The van der Waals surface area contributed by atoms with Gasteiger partial charge in [-0.05, 0) is 49.3 Å². The predicted molar refractivity (Wildman–Crippen MR) is 94.5 cm³/mol. The van der Waals surface area contributed by atoms with Crippen LogP contribution in [0.5, 0.6) is 0 Å². The molecule has 1 aliphatic rings. The van der Waals surface area contributed by atoms with Crippen LogP contribution in [0.4, 0.5) is 0 Å². The highest BCUT2D eigenvalue weighted by Crippen LogP contribution is 2.24. The van der Waals surface area contributed by atoms with Gasteiger partial charge in [-0.15, -0.1) is 0 Å². The standard InChI is InChI=1S/C20H33NO/c1-15(2)12-19-13-20(14-21(19)5)22-11-10-17-6-8-18(9-7-17)16(3)4/h6-9,15-16,19-20H,10-14H2,1-5H3. The third kappa shape index (κ3) is 5.10. The van der Waals surface area contributed by atoms with E-state index in [1.54, 1.807) is 0 Å². The minimum atomic E-state index is 0.420. The normalized spacial score (nSPS) is 22.9. The Bertz CT molecular complexity index is 438. The zero-order valence-corrected chi connectivity index (χ0v) is 15.0. The molecule has 2 unspecified atom stereocenters. The summed E-state index contributed by atoms with van der Waals surface area (Å²) in [6.45, 7) is 11.0. The molecule has 0 spiro atoms. The summed E-state index contributed by atoms with van der Waals surface area (Å²) >= 11 is 0. The van der Waals surface area contributed by atoms with Gasteiger partial charge in [0.15, 0.2) is 0 Å². The quantitative estimate of drug-likeness (QED) is 0.736. The molecule has 0 aromatic heterocycles. The fourth-order valence-corrected chi connectivity index (χ4v) is 3.38. The lowest BCUT2D eigenvalue weighted by Crippen LogP contribution is -2.26. The van der Waals surface area contributed by atoms with Crippen molar-refractivity contribution in [1.29, 1.82) is 0 Å². The van der Waals surface area contributed by atoms with Gasteiger partial charge in [0.05, 0.1) is 12.7 Å². The van der Waals surface area contributed by atoms with Gasteiger partial charge in [0.2, 0.25) is 0 Å². The molecule has 0 amide bonds. The van der Waals surface area contributed by atoms with E-state index in [4.69, 9.17) is 4.74 Å². The lowest BCUT2D eigenvalue weighted by atomic mass is 10.0. The van der Waals surface area contributed by atoms with Crippen molar-refractivity contribution in [3.63, 3.8) is 0 Å². The Morgan fingerprint density at radius 2 is 1.82 bits per heavy atom. The van der Waals surface area contributed by atoms with Gasteiger partial charge >= 0.3 is 0 Å². The van der Waals surface area contributed by atoms with E-state index in [1.807, 2.05) is 0 Å². The van der Waals surface area contributed by atoms with Crippen molar-refractivity contribution in [3.8, 4) is 0 Å². The highest BCUT2D eigenvalue weighted by molar-refractivity contribution is 5.24. The molecule has 0 aliphatic carbocycles. The Morgan fingerprint density at radius 3 is 2.41 bits per heavy atom. The molecule has 2 rings (SSSR count). The molecule has 1 saturated heterocycles. The van der Waals surface area contributed by atoms with E-state index in [1.165, 1.54) is 24.0 Å². The topological polar surface area (TPSA) is 12.5 Å². The molecule has 124 valence electrons. The average Bonchev–Trinajstić information content (AvgIpc) is 2.79. The molecule has 1 heterocycles. The van der Waals surface area contributed by atoms with Crippen molar-refractivity contribution in [3.05, 3.63) is 35.4 Å². The zero-order chi connectivity index (χ0) is 16.1. The molecule has 2 heteroatoms. The molecule has 2 atom stereocenters. The molecule has 1 aromatic rings. The number of hydrogen-bond donors (Lipinski definition) is 0. The lowest BCUT2D eigenvalue weighted by Gasteiger charge is -2.20. The van der Waals surface area contributed by atoms with Gasteiger partial charge in [0.1, 0.15) is 0 Å². The Morgan fingerprint density at radius 1 is 1.14 bits per heavy atom. The first-order valence-electron chi connectivity index (χ1n) is 8.86. The first-order valence-corrected chi connectivity index (χ1v) is 8.86. The lowest BCUT2D eigenvalue weighted by molar-refractivity contribution is 0.0629. The monoisotopic (exact) mass is 303 g/mol. The van der Waals surface area contributed by atoms with Crippen LogP contribution in [0.1, 0.15) is 57.6 Å². The first-order chi connectivity index (χ1) is 10.5. The summed E-state index contributed by atoms with van der Waals surface area (Å²) in [5, 5.41) is 0.